The van der Waals surface area contributed by atoms with E-state index in [1.807, 2.05) is 30.5 Å². The summed E-state index contributed by atoms with van der Waals surface area (Å²) in [6.07, 6.45) is 9.79. The lowest BCUT2D eigenvalue weighted by molar-refractivity contribution is 0.00422. The smallest absolute Gasteiger partial charge is 0.261 e. The number of aromatic nitrogens is 1. The first-order valence-corrected chi connectivity index (χ1v) is 16.2. The molecule has 228 valence electrons. The summed E-state index contributed by atoms with van der Waals surface area (Å²) < 4.78 is 5.60. The molecule has 4 aliphatic heterocycles. The Morgan fingerprint density at radius 2 is 1.86 bits per heavy atom. The second-order valence-electron chi connectivity index (χ2n) is 12.6. The van der Waals surface area contributed by atoms with Crippen LogP contribution in [0.5, 0.6) is 5.75 Å². The fourth-order valence-corrected chi connectivity index (χ4v) is 8.38. The second kappa shape index (κ2) is 11.9. The third kappa shape index (κ3) is 5.06. The van der Waals surface area contributed by atoms with E-state index < -0.39 is 0 Å². The third-order valence-corrected chi connectivity index (χ3v) is 10.6. The highest BCUT2D eigenvalue weighted by Crippen LogP contribution is 2.42. The molecule has 3 unspecified atom stereocenters. The number of nitrogens with one attached hydrogen (secondary N) is 2. The van der Waals surface area contributed by atoms with Crippen molar-refractivity contribution in [3.05, 3.63) is 84.1 Å². The van der Waals surface area contributed by atoms with E-state index in [1.165, 1.54) is 11.3 Å². The summed E-state index contributed by atoms with van der Waals surface area (Å²) in [6, 6.07) is 15.0. The summed E-state index contributed by atoms with van der Waals surface area (Å²) >= 11 is 6.05. The summed E-state index contributed by atoms with van der Waals surface area (Å²) in [4.78, 5) is 35.5. The van der Waals surface area contributed by atoms with Crippen LogP contribution in [0.2, 0.25) is 0 Å². The van der Waals surface area contributed by atoms with Crippen LogP contribution in [-0.2, 0) is 0 Å². The Balaban J connectivity index is 1.18. The van der Waals surface area contributed by atoms with E-state index in [2.05, 4.69) is 45.3 Å². The van der Waals surface area contributed by atoms with E-state index in [0.717, 1.165) is 67.4 Å². The summed E-state index contributed by atoms with van der Waals surface area (Å²) in [7, 11) is 1.68. The van der Waals surface area contributed by atoms with Crippen molar-refractivity contribution in [3.8, 4) is 5.75 Å². The quantitative estimate of drug-likeness (QED) is 0.213. The van der Waals surface area contributed by atoms with Gasteiger partial charge in [0.15, 0.2) is 5.11 Å². The molecule has 44 heavy (non-hydrogen) atoms. The monoisotopic (exact) mass is 609 g/mol. The number of ether oxygens (including phenoxy) is 1. The van der Waals surface area contributed by atoms with E-state index in [-0.39, 0.29) is 36.0 Å². The Kier molecular flexibility index (Phi) is 7.84. The number of rotatable bonds is 7. The van der Waals surface area contributed by atoms with Crippen LogP contribution in [0.3, 0.4) is 0 Å². The number of nitrogens with zero attached hydrogens (tertiary/aromatic N) is 3. The number of methoxy groups -OCH3 is 1. The molecular formula is C35H39N5O3S. The molecule has 3 saturated heterocycles. The van der Waals surface area contributed by atoms with Gasteiger partial charge in [0.25, 0.3) is 11.8 Å². The molecule has 2 bridgehead atoms. The minimum Gasteiger partial charge on any atom is -0.497 e. The van der Waals surface area contributed by atoms with Crippen molar-refractivity contribution < 1.29 is 14.3 Å². The van der Waals surface area contributed by atoms with E-state index >= 15 is 0 Å². The molecule has 2 aromatic carbocycles. The van der Waals surface area contributed by atoms with Crippen molar-refractivity contribution in [1.82, 2.24) is 25.4 Å². The molecule has 1 aliphatic carbocycles. The topological polar surface area (TPSA) is 86.8 Å². The van der Waals surface area contributed by atoms with Gasteiger partial charge in [-0.3, -0.25) is 24.4 Å². The molecule has 8 rings (SSSR count). The lowest BCUT2D eigenvalue weighted by atomic mass is 9.73. The average molecular weight is 610 g/mol. The third-order valence-electron chi connectivity index (χ3n) is 10.3. The van der Waals surface area contributed by atoms with Crippen molar-refractivity contribution in [2.24, 2.45) is 11.8 Å². The molecule has 2 amide bonds. The van der Waals surface area contributed by atoms with Crippen LogP contribution in [0.1, 0.15) is 70.8 Å². The highest BCUT2D eigenvalue weighted by Gasteiger charge is 2.45. The SMILES string of the molecule is C=CC1CN2CCC1C[C@H]2[C@@H](NC(=S)N[C@@H]1CCCC[C@H]1N1C(=O)c2ccccc2C1=O)c1ccnc2ccc(OC)cc12. The van der Waals surface area contributed by atoms with E-state index in [1.54, 1.807) is 19.2 Å². The molecule has 4 fully saturated rings. The zero-order chi connectivity index (χ0) is 30.4. The molecule has 1 aromatic heterocycles. The highest BCUT2D eigenvalue weighted by atomic mass is 32.1. The van der Waals surface area contributed by atoms with E-state index in [4.69, 9.17) is 17.0 Å². The average Bonchev–Trinajstić information content (AvgIpc) is 3.32. The maximum Gasteiger partial charge on any atom is 0.261 e. The van der Waals surface area contributed by atoms with E-state index in [9.17, 15) is 9.59 Å². The van der Waals surface area contributed by atoms with Gasteiger partial charge in [-0.15, -0.1) is 6.58 Å². The van der Waals surface area contributed by atoms with Gasteiger partial charge in [0.2, 0.25) is 0 Å². The second-order valence-corrected chi connectivity index (χ2v) is 13.0. The number of pyridine rings is 1. The predicted octanol–water partition coefficient (Wildman–Crippen LogP) is 5.25. The summed E-state index contributed by atoms with van der Waals surface area (Å²) in [5.41, 5.74) is 3.02. The molecule has 0 radical (unpaired) electrons. The van der Waals surface area contributed by atoms with Gasteiger partial charge >= 0.3 is 0 Å². The number of imide groups is 1. The number of thiocarbonyl (C=S) groups is 1. The van der Waals surface area contributed by atoms with Crippen LogP contribution in [0.15, 0.2) is 67.4 Å². The first-order valence-electron chi connectivity index (χ1n) is 15.8. The fraction of sp³-hybridized carbons (Fsp3) is 0.429. The van der Waals surface area contributed by atoms with Crippen LogP contribution in [-0.4, -0.2) is 70.0 Å². The minimum absolute atomic E-state index is 0.0949. The number of fused-ring (bicyclic) bond motifs is 5. The van der Waals surface area contributed by atoms with Gasteiger partial charge in [-0.25, -0.2) is 0 Å². The van der Waals surface area contributed by atoms with Crippen molar-refractivity contribution >= 4 is 40.0 Å². The van der Waals surface area contributed by atoms with Crippen molar-refractivity contribution in [2.75, 3.05) is 20.2 Å². The van der Waals surface area contributed by atoms with Gasteiger partial charge in [0, 0.05) is 30.2 Å². The molecule has 9 heteroatoms. The predicted molar refractivity (Wildman–Crippen MR) is 175 cm³/mol. The zero-order valence-corrected chi connectivity index (χ0v) is 25.9. The lowest BCUT2D eigenvalue weighted by Crippen LogP contribution is -2.60. The summed E-state index contributed by atoms with van der Waals surface area (Å²) in [5.74, 6) is 1.46. The summed E-state index contributed by atoms with van der Waals surface area (Å²) in [5, 5.41) is 8.91. The fourth-order valence-electron chi connectivity index (χ4n) is 8.10. The molecule has 3 aromatic rings. The largest absolute Gasteiger partial charge is 0.497 e. The lowest BCUT2D eigenvalue weighted by Gasteiger charge is -2.52. The maximum atomic E-state index is 13.4. The zero-order valence-electron chi connectivity index (χ0n) is 25.1. The first kappa shape index (κ1) is 28.9. The van der Waals surface area contributed by atoms with Gasteiger partial charge in [0.1, 0.15) is 5.75 Å². The van der Waals surface area contributed by atoms with Crippen LogP contribution >= 0.6 is 12.2 Å². The highest BCUT2D eigenvalue weighted by molar-refractivity contribution is 7.80. The Morgan fingerprint density at radius 3 is 2.57 bits per heavy atom. The van der Waals surface area contributed by atoms with Crippen molar-refractivity contribution in [1.29, 1.82) is 0 Å². The minimum atomic E-state index is -0.261. The molecule has 5 aliphatic rings. The molecular weight excluding hydrogens is 570 g/mol. The number of carbonyl (C=O) groups excluding carboxylic acids is 2. The Morgan fingerprint density at radius 1 is 1.09 bits per heavy atom. The summed E-state index contributed by atoms with van der Waals surface area (Å²) in [6.45, 7) is 6.17. The number of benzene rings is 2. The van der Waals surface area contributed by atoms with Crippen LogP contribution < -0.4 is 15.4 Å². The number of hydrogen-bond acceptors (Lipinski definition) is 6. The van der Waals surface area contributed by atoms with Gasteiger partial charge in [0.05, 0.1) is 35.8 Å². The van der Waals surface area contributed by atoms with Gasteiger partial charge in [-0.05, 0) is 98.2 Å². The van der Waals surface area contributed by atoms with Crippen LogP contribution in [0, 0.1) is 11.8 Å². The van der Waals surface area contributed by atoms with Crippen molar-refractivity contribution in [2.45, 2.75) is 62.7 Å². The van der Waals surface area contributed by atoms with Gasteiger partial charge in [-0.2, -0.15) is 0 Å². The molecule has 2 N–H and O–H groups in total. The van der Waals surface area contributed by atoms with Crippen LogP contribution in [0.25, 0.3) is 10.9 Å². The maximum absolute atomic E-state index is 13.4. The standard InChI is InChI=1S/C35H39N5O3S/c1-3-21-20-39-17-15-22(21)18-31(39)32(24-14-16-36-28-13-12-23(43-2)19-27(24)28)38-35(44)37-29-10-6-7-11-30(29)40-33(41)25-8-4-5-9-26(25)34(40)42/h3-5,8-9,12-14,16,19,21-22,29-32H,1,6-7,10-11,15,17-18,20H2,2H3,(H2,37,38,44)/t21?,22?,29-,30-,31+,32+/m1/s1. The number of hydrogen-bond donors (Lipinski definition) is 2. The molecule has 5 heterocycles. The molecule has 7 atom stereocenters. The number of piperidine rings is 3. The molecule has 1 saturated carbocycles. The van der Waals surface area contributed by atoms with Crippen LogP contribution in [0.4, 0.5) is 0 Å². The number of carbonyl (C=O) groups is 2. The Hall–Kier alpha value is -3.82. The Bertz CT molecular complexity index is 1590. The Labute approximate surface area is 263 Å². The van der Waals surface area contributed by atoms with Crippen molar-refractivity contribution in [3.63, 3.8) is 0 Å². The van der Waals surface area contributed by atoms with E-state index in [0.29, 0.717) is 28.1 Å². The normalized spacial score (nSPS) is 28.4. The van der Waals surface area contributed by atoms with Gasteiger partial charge in [-0.1, -0.05) is 31.1 Å². The molecule has 8 nitrogen and oxygen atoms in total. The molecule has 0 spiro atoms. The number of amides is 2. The van der Waals surface area contributed by atoms with Gasteiger partial charge < -0.3 is 15.4 Å². The first-order chi connectivity index (χ1) is 21.5.